The summed E-state index contributed by atoms with van der Waals surface area (Å²) in [5.41, 5.74) is 1.07. The average Bonchev–Trinajstić information content (AvgIpc) is 2.97. The first-order valence-corrected chi connectivity index (χ1v) is 5.19. The molecule has 0 aromatic heterocycles. The lowest BCUT2D eigenvalue weighted by Gasteiger charge is -2.05. The van der Waals surface area contributed by atoms with Crippen molar-refractivity contribution in [2.75, 3.05) is 0 Å². The highest BCUT2D eigenvalue weighted by Gasteiger charge is 2.45. The second-order valence-corrected chi connectivity index (χ2v) is 4.05. The number of hydrogen-bond acceptors (Lipinski definition) is 2. The fraction of sp³-hybridized carbons (Fsp3) is 0.417. The summed E-state index contributed by atoms with van der Waals surface area (Å²) in [5.74, 6) is -0.0150. The summed E-state index contributed by atoms with van der Waals surface area (Å²) in [7, 11) is 0. The van der Waals surface area contributed by atoms with Gasteiger partial charge in [0, 0.05) is 6.04 Å². The summed E-state index contributed by atoms with van der Waals surface area (Å²) in [5, 5.41) is 2.84. The van der Waals surface area contributed by atoms with Crippen molar-refractivity contribution in [3.63, 3.8) is 0 Å². The smallest absolute Gasteiger partial charge is 0.252 e. The van der Waals surface area contributed by atoms with Crippen molar-refractivity contribution in [3.05, 3.63) is 35.9 Å². The number of nitrogens with one attached hydrogen (secondary N) is 1. The predicted octanol–water partition coefficient (Wildman–Crippen LogP) is 1.65. The molecule has 1 amide bonds. The molecular formula is C12H15NO2. The van der Waals surface area contributed by atoms with Crippen LogP contribution in [0.5, 0.6) is 0 Å². The molecule has 0 saturated carbocycles. The molecule has 1 aromatic rings. The monoisotopic (exact) mass is 205 g/mol. The molecule has 2 atom stereocenters. The highest BCUT2D eigenvalue weighted by Crippen LogP contribution is 2.38. The van der Waals surface area contributed by atoms with Crippen LogP contribution in [0.15, 0.2) is 30.3 Å². The van der Waals surface area contributed by atoms with Gasteiger partial charge in [0.25, 0.3) is 5.91 Å². The molecule has 3 nitrogen and oxygen atoms in total. The molecule has 0 bridgehead atoms. The average molecular weight is 205 g/mol. The molecule has 1 saturated heterocycles. The van der Waals surface area contributed by atoms with E-state index in [1.54, 1.807) is 0 Å². The zero-order valence-electron chi connectivity index (χ0n) is 8.94. The van der Waals surface area contributed by atoms with E-state index >= 15 is 0 Å². The van der Waals surface area contributed by atoms with E-state index in [0.717, 1.165) is 5.56 Å². The molecule has 2 unspecified atom stereocenters. The van der Waals surface area contributed by atoms with Crippen LogP contribution in [-0.2, 0) is 9.53 Å². The summed E-state index contributed by atoms with van der Waals surface area (Å²) in [6, 6.07) is 9.98. The fourth-order valence-corrected chi connectivity index (χ4v) is 1.57. The van der Waals surface area contributed by atoms with E-state index in [9.17, 15) is 4.79 Å². The van der Waals surface area contributed by atoms with Gasteiger partial charge in [0.2, 0.25) is 0 Å². The lowest BCUT2D eigenvalue weighted by Crippen LogP contribution is -2.33. The largest absolute Gasteiger partial charge is 0.354 e. The van der Waals surface area contributed by atoms with Crippen LogP contribution in [-0.4, -0.2) is 18.1 Å². The Morgan fingerprint density at radius 3 is 2.60 bits per heavy atom. The summed E-state index contributed by atoms with van der Waals surface area (Å²) in [6.07, 6.45) is -0.347. The van der Waals surface area contributed by atoms with Crippen LogP contribution in [0.2, 0.25) is 0 Å². The van der Waals surface area contributed by atoms with Crippen molar-refractivity contribution in [2.45, 2.75) is 32.1 Å². The number of rotatable bonds is 3. The number of ether oxygens (including phenoxy) is 1. The first-order chi connectivity index (χ1) is 7.18. The predicted molar refractivity (Wildman–Crippen MR) is 57.3 cm³/mol. The van der Waals surface area contributed by atoms with Crippen molar-refractivity contribution in [2.24, 2.45) is 0 Å². The van der Waals surface area contributed by atoms with Crippen LogP contribution in [0.3, 0.4) is 0 Å². The number of carbonyl (C=O) groups excluding carboxylic acids is 1. The molecule has 0 radical (unpaired) electrons. The summed E-state index contributed by atoms with van der Waals surface area (Å²) in [6.45, 7) is 3.88. The Bertz CT molecular complexity index is 348. The Labute approximate surface area is 89.4 Å². The zero-order valence-corrected chi connectivity index (χ0v) is 8.94. The van der Waals surface area contributed by atoms with Crippen molar-refractivity contribution < 1.29 is 9.53 Å². The Morgan fingerprint density at radius 2 is 2.00 bits per heavy atom. The van der Waals surface area contributed by atoms with Crippen molar-refractivity contribution in [1.29, 1.82) is 0 Å². The van der Waals surface area contributed by atoms with E-state index in [1.807, 2.05) is 44.2 Å². The van der Waals surface area contributed by atoms with Crippen molar-refractivity contribution >= 4 is 5.91 Å². The normalized spacial score (nSPS) is 23.9. The van der Waals surface area contributed by atoms with Gasteiger partial charge in [0.15, 0.2) is 6.10 Å². The number of epoxide rings is 1. The Kier molecular flexibility index (Phi) is 2.73. The molecule has 1 heterocycles. The molecular weight excluding hydrogens is 190 g/mol. The fourth-order valence-electron chi connectivity index (χ4n) is 1.57. The second-order valence-electron chi connectivity index (χ2n) is 4.05. The van der Waals surface area contributed by atoms with Gasteiger partial charge in [-0.2, -0.15) is 0 Å². The zero-order chi connectivity index (χ0) is 10.8. The van der Waals surface area contributed by atoms with Gasteiger partial charge in [-0.15, -0.1) is 0 Å². The molecule has 1 aliphatic heterocycles. The van der Waals surface area contributed by atoms with Crippen LogP contribution in [0.4, 0.5) is 0 Å². The Balaban J connectivity index is 1.94. The molecule has 0 spiro atoms. The maximum absolute atomic E-state index is 11.6. The van der Waals surface area contributed by atoms with Crippen LogP contribution in [0.1, 0.15) is 25.5 Å². The Morgan fingerprint density at radius 1 is 1.33 bits per heavy atom. The summed E-state index contributed by atoms with van der Waals surface area (Å²) < 4.78 is 5.35. The highest BCUT2D eigenvalue weighted by molar-refractivity contribution is 5.84. The topological polar surface area (TPSA) is 41.6 Å². The minimum absolute atomic E-state index is 0.0150. The molecule has 1 N–H and O–H groups in total. The number of amides is 1. The molecule has 1 fully saturated rings. The van der Waals surface area contributed by atoms with E-state index in [1.165, 1.54) is 0 Å². The van der Waals surface area contributed by atoms with Crippen LogP contribution in [0, 0.1) is 0 Å². The second kappa shape index (κ2) is 4.03. The maximum Gasteiger partial charge on any atom is 0.252 e. The maximum atomic E-state index is 11.6. The Hall–Kier alpha value is -1.35. The van der Waals surface area contributed by atoms with E-state index < -0.39 is 0 Å². The molecule has 15 heavy (non-hydrogen) atoms. The minimum atomic E-state index is -0.296. The summed E-state index contributed by atoms with van der Waals surface area (Å²) in [4.78, 5) is 11.6. The van der Waals surface area contributed by atoms with Gasteiger partial charge in [-0.05, 0) is 19.4 Å². The van der Waals surface area contributed by atoms with Gasteiger partial charge in [-0.25, -0.2) is 0 Å². The first-order valence-electron chi connectivity index (χ1n) is 5.19. The van der Waals surface area contributed by atoms with Gasteiger partial charge in [0.05, 0.1) is 0 Å². The molecule has 1 aromatic carbocycles. The van der Waals surface area contributed by atoms with Crippen molar-refractivity contribution in [3.8, 4) is 0 Å². The molecule has 0 aliphatic carbocycles. The van der Waals surface area contributed by atoms with Crippen molar-refractivity contribution in [1.82, 2.24) is 5.32 Å². The van der Waals surface area contributed by atoms with Gasteiger partial charge in [-0.1, -0.05) is 30.3 Å². The lowest BCUT2D eigenvalue weighted by molar-refractivity contribution is -0.122. The third kappa shape index (κ3) is 2.36. The third-order valence-corrected chi connectivity index (χ3v) is 2.31. The number of hydrogen-bond donors (Lipinski definition) is 1. The molecule has 2 rings (SSSR count). The number of benzene rings is 1. The lowest BCUT2D eigenvalue weighted by atomic mass is 10.1. The van der Waals surface area contributed by atoms with E-state index in [0.29, 0.717) is 0 Å². The van der Waals surface area contributed by atoms with Gasteiger partial charge in [-0.3, -0.25) is 4.79 Å². The standard InChI is InChI=1S/C12H15NO2/c1-8(2)13-12(14)11-10(15-11)9-6-4-3-5-7-9/h3-8,10-11H,1-2H3,(H,13,14). The SMILES string of the molecule is CC(C)NC(=O)C1OC1c1ccccc1. The number of carbonyl (C=O) groups is 1. The van der Waals surface area contributed by atoms with Gasteiger partial charge >= 0.3 is 0 Å². The van der Waals surface area contributed by atoms with Crippen LogP contribution in [0.25, 0.3) is 0 Å². The first kappa shape index (κ1) is 10.2. The van der Waals surface area contributed by atoms with E-state index in [2.05, 4.69) is 5.32 Å². The minimum Gasteiger partial charge on any atom is -0.354 e. The van der Waals surface area contributed by atoms with Gasteiger partial charge in [0.1, 0.15) is 6.10 Å². The van der Waals surface area contributed by atoms with Crippen LogP contribution >= 0.6 is 0 Å². The van der Waals surface area contributed by atoms with Crippen LogP contribution < -0.4 is 5.32 Å². The third-order valence-electron chi connectivity index (χ3n) is 2.31. The van der Waals surface area contributed by atoms with Gasteiger partial charge < -0.3 is 10.1 Å². The highest BCUT2D eigenvalue weighted by atomic mass is 16.6. The van der Waals surface area contributed by atoms with E-state index in [4.69, 9.17) is 4.74 Å². The molecule has 80 valence electrons. The molecule has 1 aliphatic rings. The quantitative estimate of drug-likeness (QED) is 0.762. The van der Waals surface area contributed by atoms with E-state index in [-0.39, 0.29) is 24.2 Å². The summed E-state index contributed by atoms with van der Waals surface area (Å²) >= 11 is 0. The molecule has 3 heteroatoms.